The molecule has 2 aromatic carbocycles. The number of hydrogen-bond acceptors (Lipinski definition) is 4. The summed E-state index contributed by atoms with van der Waals surface area (Å²) < 4.78 is 0. The predicted molar refractivity (Wildman–Crippen MR) is 162 cm³/mol. The van der Waals surface area contributed by atoms with E-state index < -0.39 is 53.0 Å². The van der Waals surface area contributed by atoms with Crippen LogP contribution in [0.5, 0.6) is 0 Å². The fourth-order valence-electron chi connectivity index (χ4n) is 6.98. The first-order chi connectivity index (χ1) is 19.8. The van der Waals surface area contributed by atoms with E-state index in [9.17, 15) is 29.4 Å². The van der Waals surface area contributed by atoms with Gasteiger partial charge in [0.05, 0.1) is 23.7 Å². The number of carboxylic acid groups (broad SMARTS) is 2. The van der Waals surface area contributed by atoms with Crippen LogP contribution in [0.4, 0.5) is 5.69 Å². The molecule has 2 aromatic rings. The molecule has 4 N–H and O–H groups in total. The van der Waals surface area contributed by atoms with Crippen LogP contribution in [0.15, 0.2) is 36.4 Å². The summed E-state index contributed by atoms with van der Waals surface area (Å²) in [4.78, 5) is 51.1. The molecule has 8 heteroatoms. The molecule has 3 atom stereocenters. The highest BCUT2D eigenvalue weighted by atomic mass is 16.4. The second-order valence-electron chi connectivity index (χ2n) is 13.0. The first kappa shape index (κ1) is 31.3. The van der Waals surface area contributed by atoms with E-state index in [0.29, 0.717) is 24.9 Å². The Labute approximate surface area is 248 Å². The van der Waals surface area contributed by atoms with E-state index in [1.165, 1.54) is 11.1 Å². The summed E-state index contributed by atoms with van der Waals surface area (Å²) in [7, 11) is 0. The van der Waals surface area contributed by atoms with Crippen molar-refractivity contribution >= 4 is 29.4 Å². The van der Waals surface area contributed by atoms with Crippen LogP contribution in [0.2, 0.25) is 0 Å². The van der Waals surface area contributed by atoms with Gasteiger partial charge in [0.1, 0.15) is 0 Å². The van der Waals surface area contributed by atoms with Gasteiger partial charge in [-0.3, -0.25) is 19.2 Å². The van der Waals surface area contributed by atoms with Crippen LogP contribution in [0, 0.1) is 23.7 Å². The highest BCUT2D eigenvalue weighted by molar-refractivity contribution is 6.04. The van der Waals surface area contributed by atoms with E-state index in [-0.39, 0.29) is 5.41 Å². The third kappa shape index (κ3) is 5.81. The Balaban J connectivity index is 1.53. The van der Waals surface area contributed by atoms with Crippen LogP contribution < -0.4 is 10.6 Å². The number of anilines is 1. The first-order valence-corrected chi connectivity index (χ1v) is 15.1. The molecule has 2 amide bonds. The van der Waals surface area contributed by atoms with E-state index in [4.69, 9.17) is 0 Å². The summed E-state index contributed by atoms with van der Waals surface area (Å²) in [6.07, 6.45) is 4.97. The molecule has 0 aromatic heterocycles. The monoisotopic (exact) mass is 576 g/mol. The van der Waals surface area contributed by atoms with Gasteiger partial charge in [0.15, 0.2) is 0 Å². The highest BCUT2D eigenvalue weighted by Crippen LogP contribution is 2.48. The fraction of sp³-hybridized carbons (Fsp3) is 0.529. The zero-order chi connectivity index (χ0) is 31.0. The third-order valence-electron chi connectivity index (χ3n) is 9.54. The van der Waals surface area contributed by atoms with Crippen LogP contribution in [0.3, 0.4) is 0 Å². The standard InChI is InChI=1S/C34H44N2O6/c1-7-14-33(4,5)21-10-12-23-19(17-21)16-20-18-22(11-13-24(20)23)35-29(37)25-27(31(39)40)26(28(25)32(41)42)30(38)36-34(6,9-3)15-8-2/h10-13,17-18,25-28H,7-9,14-16H2,1-6H3,(H,35,37)(H,36,38)(H,39,40)(H,41,42). The maximum atomic E-state index is 13.4. The van der Waals surface area contributed by atoms with Crippen molar-refractivity contribution in [2.45, 2.75) is 91.0 Å². The molecule has 226 valence electrons. The van der Waals surface area contributed by atoms with E-state index in [0.717, 1.165) is 36.0 Å². The van der Waals surface area contributed by atoms with Gasteiger partial charge in [-0.15, -0.1) is 0 Å². The zero-order valence-corrected chi connectivity index (χ0v) is 25.5. The van der Waals surface area contributed by atoms with Gasteiger partial charge in [-0.05, 0) is 78.0 Å². The molecule has 0 spiro atoms. The Bertz CT molecular complexity index is 1380. The van der Waals surface area contributed by atoms with Gasteiger partial charge in [-0.2, -0.15) is 0 Å². The van der Waals surface area contributed by atoms with Gasteiger partial charge in [0, 0.05) is 11.2 Å². The van der Waals surface area contributed by atoms with Crippen molar-refractivity contribution in [1.82, 2.24) is 5.32 Å². The molecule has 1 saturated carbocycles. The molecule has 1 fully saturated rings. The molecule has 8 nitrogen and oxygen atoms in total. The number of benzene rings is 2. The highest BCUT2D eigenvalue weighted by Gasteiger charge is 2.64. The second kappa shape index (κ2) is 11.9. The average molecular weight is 577 g/mol. The quantitative estimate of drug-likeness (QED) is 0.209. The molecular weight excluding hydrogens is 532 g/mol. The molecule has 3 unspecified atom stereocenters. The zero-order valence-electron chi connectivity index (χ0n) is 25.5. The van der Waals surface area contributed by atoms with Gasteiger partial charge in [-0.1, -0.05) is 71.7 Å². The SMILES string of the molecule is CCCC(C)(CC)NC(=O)C1C(C(=O)O)C(C(=O)Nc2ccc3c(c2)Cc2cc(C(C)(C)CCC)ccc2-3)C1C(=O)O. The maximum Gasteiger partial charge on any atom is 0.308 e. The van der Waals surface area contributed by atoms with Crippen LogP contribution in [-0.2, 0) is 31.0 Å². The van der Waals surface area contributed by atoms with Gasteiger partial charge in [0.2, 0.25) is 11.8 Å². The number of aliphatic carboxylic acids is 2. The Hall–Kier alpha value is -3.68. The Morgan fingerprint density at radius 1 is 0.762 bits per heavy atom. The summed E-state index contributed by atoms with van der Waals surface area (Å²) in [6, 6.07) is 12.2. The van der Waals surface area contributed by atoms with Crippen molar-refractivity contribution in [3.05, 3.63) is 53.1 Å². The summed E-state index contributed by atoms with van der Waals surface area (Å²) in [5, 5.41) is 25.6. The summed E-state index contributed by atoms with van der Waals surface area (Å²) in [5.74, 6) is -9.61. The van der Waals surface area contributed by atoms with Crippen molar-refractivity contribution in [1.29, 1.82) is 0 Å². The van der Waals surface area contributed by atoms with Crippen molar-refractivity contribution < 1.29 is 29.4 Å². The van der Waals surface area contributed by atoms with Gasteiger partial charge >= 0.3 is 11.9 Å². The minimum Gasteiger partial charge on any atom is -0.481 e. The van der Waals surface area contributed by atoms with Crippen molar-refractivity contribution in [2.24, 2.45) is 23.7 Å². The van der Waals surface area contributed by atoms with Crippen LogP contribution >= 0.6 is 0 Å². The number of nitrogens with one attached hydrogen (secondary N) is 2. The Morgan fingerprint density at radius 3 is 1.86 bits per heavy atom. The first-order valence-electron chi connectivity index (χ1n) is 15.1. The molecule has 0 heterocycles. The fourth-order valence-corrected chi connectivity index (χ4v) is 6.98. The van der Waals surface area contributed by atoms with Crippen LogP contribution in [-0.4, -0.2) is 39.5 Å². The number of carbonyl (C=O) groups excluding carboxylic acids is 2. The number of carboxylic acids is 2. The van der Waals surface area contributed by atoms with E-state index in [1.54, 1.807) is 6.07 Å². The molecule has 2 aliphatic rings. The van der Waals surface area contributed by atoms with Crippen LogP contribution in [0.25, 0.3) is 11.1 Å². The Morgan fingerprint density at radius 2 is 1.31 bits per heavy atom. The van der Waals surface area contributed by atoms with Gasteiger partial charge in [0.25, 0.3) is 0 Å². The van der Waals surface area contributed by atoms with Crippen molar-refractivity contribution in [3.8, 4) is 11.1 Å². The molecule has 0 bridgehead atoms. The minimum absolute atomic E-state index is 0.0712. The molecular formula is C34H44N2O6. The lowest BCUT2D eigenvalue weighted by atomic mass is 9.55. The Kier molecular flexibility index (Phi) is 8.86. The van der Waals surface area contributed by atoms with E-state index in [1.807, 2.05) is 32.9 Å². The lowest BCUT2D eigenvalue weighted by Gasteiger charge is -2.46. The summed E-state index contributed by atoms with van der Waals surface area (Å²) in [5.41, 5.74) is 5.76. The molecule has 2 aliphatic carbocycles. The number of rotatable bonds is 12. The molecule has 0 aliphatic heterocycles. The third-order valence-corrected chi connectivity index (χ3v) is 9.54. The normalized spacial score (nSPS) is 22.2. The van der Waals surface area contributed by atoms with Gasteiger partial charge < -0.3 is 20.8 Å². The van der Waals surface area contributed by atoms with E-state index in [2.05, 4.69) is 49.6 Å². The molecule has 42 heavy (non-hydrogen) atoms. The number of hydrogen-bond donors (Lipinski definition) is 4. The number of fused-ring (bicyclic) bond motifs is 3. The summed E-state index contributed by atoms with van der Waals surface area (Å²) >= 11 is 0. The van der Waals surface area contributed by atoms with Gasteiger partial charge in [-0.25, -0.2) is 0 Å². The smallest absolute Gasteiger partial charge is 0.308 e. The molecule has 0 radical (unpaired) electrons. The lowest BCUT2D eigenvalue weighted by molar-refractivity contribution is -0.180. The average Bonchev–Trinajstić information content (AvgIpc) is 3.24. The predicted octanol–water partition coefficient (Wildman–Crippen LogP) is 6.01. The largest absolute Gasteiger partial charge is 0.481 e. The number of carbonyl (C=O) groups is 4. The van der Waals surface area contributed by atoms with E-state index >= 15 is 0 Å². The topological polar surface area (TPSA) is 133 Å². The molecule has 4 rings (SSSR count). The number of amides is 2. The second-order valence-corrected chi connectivity index (χ2v) is 13.0. The molecule has 0 saturated heterocycles. The van der Waals surface area contributed by atoms with Crippen molar-refractivity contribution in [3.63, 3.8) is 0 Å². The lowest BCUT2D eigenvalue weighted by Crippen LogP contribution is -2.64. The van der Waals surface area contributed by atoms with Crippen molar-refractivity contribution in [2.75, 3.05) is 5.32 Å². The van der Waals surface area contributed by atoms with Crippen LogP contribution in [0.1, 0.15) is 90.3 Å². The maximum absolute atomic E-state index is 13.4. The summed E-state index contributed by atoms with van der Waals surface area (Å²) in [6.45, 7) is 12.5. The minimum atomic E-state index is -1.43.